The fraction of sp³-hybridized carbons (Fsp3) is 0.167. The van der Waals surface area contributed by atoms with Gasteiger partial charge >= 0.3 is 0 Å². The van der Waals surface area contributed by atoms with Crippen molar-refractivity contribution in [1.82, 2.24) is 5.43 Å². The van der Waals surface area contributed by atoms with Crippen LogP contribution in [-0.4, -0.2) is 25.8 Å². The fourth-order valence-electron chi connectivity index (χ4n) is 2.69. The molecule has 0 aromatic heterocycles. The van der Waals surface area contributed by atoms with Gasteiger partial charge in [-0.1, -0.05) is 42.5 Å². The Morgan fingerprint density at radius 1 is 0.967 bits per heavy atom. The zero-order chi connectivity index (χ0) is 21.2. The molecule has 3 rings (SSSR count). The molecule has 154 valence electrons. The van der Waals surface area contributed by atoms with E-state index in [1.807, 2.05) is 48.5 Å². The molecule has 30 heavy (non-hydrogen) atoms. The predicted octanol–water partition coefficient (Wildman–Crippen LogP) is 4.11. The molecule has 0 radical (unpaired) electrons. The highest BCUT2D eigenvalue weighted by Crippen LogP contribution is 2.28. The van der Waals surface area contributed by atoms with Crippen LogP contribution in [0.15, 0.2) is 77.9 Å². The maximum atomic E-state index is 11.8. The van der Waals surface area contributed by atoms with Crippen LogP contribution in [0, 0.1) is 6.92 Å². The summed E-state index contributed by atoms with van der Waals surface area (Å²) in [6.45, 7) is 2.39. The first-order chi connectivity index (χ1) is 14.7. The molecular formula is C24H24N2O4. The highest BCUT2D eigenvalue weighted by molar-refractivity contribution is 5.83. The Morgan fingerprint density at radius 3 is 2.50 bits per heavy atom. The van der Waals surface area contributed by atoms with E-state index >= 15 is 0 Å². The number of carbonyl (C=O) groups excluding carboxylic acids is 1. The van der Waals surface area contributed by atoms with Crippen molar-refractivity contribution in [3.05, 3.63) is 89.5 Å². The Morgan fingerprint density at radius 2 is 1.73 bits per heavy atom. The molecule has 0 aliphatic heterocycles. The predicted molar refractivity (Wildman–Crippen MR) is 116 cm³/mol. The smallest absolute Gasteiger partial charge is 0.277 e. The van der Waals surface area contributed by atoms with E-state index in [0.717, 1.165) is 11.1 Å². The molecule has 1 amide bonds. The number of benzene rings is 3. The van der Waals surface area contributed by atoms with Crippen molar-refractivity contribution in [1.29, 1.82) is 0 Å². The molecule has 0 aliphatic carbocycles. The van der Waals surface area contributed by atoms with Crippen LogP contribution in [0.5, 0.6) is 17.2 Å². The summed E-state index contributed by atoms with van der Waals surface area (Å²) in [5.41, 5.74) is 5.49. The SMILES string of the molecule is COc1cc(/C=N/NC(=O)COc2ccccc2)ccc1OCc1ccccc1C. The summed E-state index contributed by atoms with van der Waals surface area (Å²) in [5, 5.41) is 3.96. The monoisotopic (exact) mass is 404 g/mol. The molecule has 6 heteroatoms. The summed E-state index contributed by atoms with van der Waals surface area (Å²) in [7, 11) is 1.58. The third-order valence-electron chi connectivity index (χ3n) is 4.35. The Hall–Kier alpha value is -3.80. The maximum absolute atomic E-state index is 11.8. The molecule has 0 aliphatic rings. The topological polar surface area (TPSA) is 69.2 Å². The Kier molecular flexibility index (Phi) is 7.44. The van der Waals surface area contributed by atoms with Crippen molar-refractivity contribution in [2.75, 3.05) is 13.7 Å². The van der Waals surface area contributed by atoms with Gasteiger partial charge in [0.1, 0.15) is 12.4 Å². The van der Waals surface area contributed by atoms with Crippen LogP contribution in [-0.2, 0) is 11.4 Å². The highest BCUT2D eigenvalue weighted by Gasteiger charge is 2.07. The number of hydrogen-bond acceptors (Lipinski definition) is 5. The first-order valence-corrected chi connectivity index (χ1v) is 9.51. The minimum Gasteiger partial charge on any atom is -0.493 e. The van der Waals surface area contributed by atoms with Gasteiger partial charge in [-0.3, -0.25) is 4.79 Å². The summed E-state index contributed by atoms with van der Waals surface area (Å²) < 4.78 is 16.7. The van der Waals surface area contributed by atoms with Gasteiger partial charge in [0.2, 0.25) is 0 Å². The van der Waals surface area contributed by atoms with Gasteiger partial charge in [-0.2, -0.15) is 5.10 Å². The number of amides is 1. The molecule has 0 fully saturated rings. The number of nitrogens with one attached hydrogen (secondary N) is 1. The van der Waals surface area contributed by atoms with Crippen LogP contribution in [0.3, 0.4) is 0 Å². The molecule has 0 heterocycles. The molecular weight excluding hydrogens is 380 g/mol. The lowest BCUT2D eigenvalue weighted by molar-refractivity contribution is -0.123. The van der Waals surface area contributed by atoms with Gasteiger partial charge in [-0.05, 0) is 53.9 Å². The average molecular weight is 404 g/mol. The van der Waals surface area contributed by atoms with E-state index in [0.29, 0.717) is 23.9 Å². The van der Waals surface area contributed by atoms with E-state index in [-0.39, 0.29) is 12.5 Å². The lowest BCUT2D eigenvalue weighted by atomic mass is 10.1. The fourth-order valence-corrected chi connectivity index (χ4v) is 2.69. The van der Waals surface area contributed by atoms with Gasteiger partial charge in [0, 0.05) is 0 Å². The van der Waals surface area contributed by atoms with Gasteiger partial charge in [0.05, 0.1) is 13.3 Å². The van der Waals surface area contributed by atoms with Gasteiger partial charge in [0.15, 0.2) is 18.1 Å². The second-order valence-electron chi connectivity index (χ2n) is 6.52. The van der Waals surface area contributed by atoms with Crippen LogP contribution in [0.4, 0.5) is 0 Å². The van der Waals surface area contributed by atoms with E-state index in [1.54, 1.807) is 25.3 Å². The quantitative estimate of drug-likeness (QED) is 0.430. The van der Waals surface area contributed by atoms with Crippen LogP contribution in [0.2, 0.25) is 0 Å². The summed E-state index contributed by atoms with van der Waals surface area (Å²) in [6, 6.07) is 22.7. The highest BCUT2D eigenvalue weighted by atomic mass is 16.5. The number of nitrogens with zero attached hydrogens (tertiary/aromatic N) is 1. The lowest BCUT2D eigenvalue weighted by Gasteiger charge is -2.12. The Bertz CT molecular complexity index is 1000. The number of hydrazone groups is 1. The number of ether oxygens (including phenoxy) is 3. The molecule has 3 aromatic rings. The van der Waals surface area contributed by atoms with E-state index in [9.17, 15) is 4.79 Å². The minimum absolute atomic E-state index is 0.115. The summed E-state index contributed by atoms with van der Waals surface area (Å²) in [4.78, 5) is 11.8. The van der Waals surface area contributed by atoms with Crippen molar-refractivity contribution < 1.29 is 19.0 Å². The second kappa shape index (κ2) is 10.7. The molecule has 1 N–H and O–H groups in total. The van der Waals surface area contributed by atoms with Crippen molar-refractivity contribution in [2.45, 2.75) is 13.5 Å². The molecule has 0 saturated carbocycles. The van der Waals surface area contributed by atoms with Crippen molar-refractivity contribution in [3.8, 4) is 17.2 Å². The molecule has 0 atom stereocenters. The van der Waals surface area contributed by atoms with E-state index in [1.165, 1.54) is 11.8 Å². The van der Waals surface area contributed by atoms with Gasteiger partial charge in [0.25, 0.3) is 5.91 Å². The molecule has 6 nitrogen and oxygen atoms in total. The number of rotatable bonds is 9. The van der Waals surface area contributed by atoms with Gasteiger partial charge in [-0.15, -0.1) is 0 Å². The van der Waals surface area contributed by atoms with Crippen LogP contribution in [0.1, 0.15) is 16.7 Å². The van der Waals surface area contributed by atoms with Crippen molar-refractivity contribution in [2.24, 2.45) is 5.10 Å². The lowest BCUT2D eigenvalue weighted by Crippen LogP contribution is -2.24. The first-order valence-electron chi connectivity index (χ1n) is 9.51. The number of methoxy groups -OCH3 is 1. The number of carbonyl (C=O) groups is 1. The molecule has 0 unspecified atom stereocenters. The molecule has 0 spiro atoms. The normalized spacial score (nSPS) is 10.6. The molecule has 0 saturated heterocycles. The number of para-hydroxylation sites is 1. The maximum Gasteiger partial charge on any atom is 0.277 e. The average Bonchev–Trinajstić information content (AvgIpc) is 2.78. The molecule has 3 aromatic carbocycles. The van der Waals surface area contributed by atoms with Gasteiger partial charge < -0.3 is 14.2 Å². The van der Waals surface area contributed by atoms with Crippen molar-refractivity contribution in [3.63, 3.8) is 0 Å². The standard InChI is InChI=1S/C24H24N2O4/c1-18-8-6-7-9-20(18)16-30-22-13-12-19(14-23(22)28-2)15-25-26-24(27)17-29-21-10-4-3-5-11-21/h3-15H,16-17H2,1-2H3,(H,26,27)/b25-15+. The van der Waals surface area contributed by atoms with Crippen LogP contribution in [0.25, 0.3) is 0 Å². The first kappa shape index (κ1) is 20.9. The minimum atomic E-state index is -0.347. The Labute approximate surface area is 176 Å². The molecule has 0 bridgehead atoms. The Balaban J connectivity index is 1.53. The van der Waals surface area contributed by atoms with E-state index in [2.05, 4.69) is 23.5 Å². The summed E-state index contributed by atoms with van der Waals surface area (Å²) >= 11 is 0. The zero-order valence-corrected chi connectivity index (χ0v) is 17.0. The van der Waals surface area contributed by atoms with Crippen molar-refractivity contribution >= 4 is 12.1 Å². The third kappa shape index (κ3) is 6.10. The largest absolute Gasteiger partial charge is 0.493 e. The van der Waals surface area contributed by atoms with E-state index < -0.39 is 0 Å². The van der Waals surface area contributed by atoms with E-state index in [4.69, 9.17) is 14.2 Å². The number of aryl methyl sites for hydroxylation is 1. The second-order valence-corrected chi connectivity index (χ2v) is 6.52. The van der Waals surface area contributed by atoms with Crippen LogP contribution < -0.4 is 19.6 Å². The zero-order valence-electron chi connectivity index (χ0n) is 17.0. The third-order valence-corrected chi connectivity index (χ3v) is 4.35. The summed E-state index contributed by atoms with van der Waals surface area (Å²) in [6.07, 6.45) is 1.54. The summed E-state index contributed by atoms with van der Waals surface area (Å²) in [5.74, 6) is 1.51. The number of hydrogen-bond donors (Lipinski definition) is 1. The van der Waals surface area contributed by atoms with Crippen LogP contribution >= 0.6 is 0 Å². The van der Waals surface area contributed by atoms with Gasteiger partial charge in [-0.25, -0.2) is 5.43 Å².